The lowest BCUT2D eigenvalue weighted by Gasteiger charge is -2.44. The minimum Gasteiger partial charge on any atom is -0.504 e. The van der Waals surface area contributed by atoms with Crippen LogP contribution in [0.1, 0.15) is 19.4 Å². The van der Waals surface area contributed by atoms with E-state index in [-0.39, 0.29) is 17.7 Å². The number of rotatable bonds is 6. The molecule has 1 aliphatic rings. The Balaban J connectivity index is 1.85. The number of methoxy groups -OCH3 is 1. The summed E-state index contributed by atoms with van der Waals surface area (Å²) in [6, 6.07) is 14.2. The molecule has 1 saturated heterocycles. The highest BCUT2D eigenvalue weighted by Crippen LogP contribution is 2.32. The molecule has 2 aromatic rings. The summed E-state index contributed by atoms with van der Waals surface area (Å²) in [5.74, 6) is 0.252. The molecule has 2 atom stereocenters. The van der Waals surface area contributed by atoms with Crippen LogP contribution in [0.25, 0.3) is 0 Å². The van der Waals surface area contributed by atoms with Gasteiger partial charge >= 0.3 is 0 Å². The van der Waals surface area contributed by atoms with Crippen molar-refractivity contribution < 1.29 is 19.7 Å². The van der Waals surface area contributed by atoms with Gasteiger partial charge in [0, 0.05) is 31.4 Å². The number of aliphatic hydroxyl groups is 1. The first-order valence-corrected chi connectivity index (χ1v) is 10.1. The molecule has 0 radical (unpaired) electrons. The maximum absolute atomic E-state index is 13.1. The topological polar surface area (TPSA) is 99.3 Å². The van der Waals surface area contributed by atoms with E-state index < -0.39 is 11.6 Å². The summed E-state index contributed by atoms with van der Waals surface area (Å²) in [4.78, 5) is 17.0. The van der Waals surface area contributed by atoms with E-state index >= 15 is 0 Å². The van der Waals surface area contributed by atoms with E-state index in [9.17, 15) is 15.0 Å². The number of piperazine rings is 1. The SMILES string of the molecule is COc1ccc(N2CCN(C(=O)[C@@H](N)C(C)(C)O)[C@@H](Cc3ccccc3)C2)cc1O. The maximum Gasteiger partial charge on any atom is 0.242 e. The Bertz CT molecular complexity index is 866. The number of phenols is 1. The number of nitrogens with two attached hydrogens (primary N) is 1. The van der Waals surface area contributed by atoms with E-state index in [1.165, 1.54) is 7.11 Å². The van der Waals surface area contributed by atoms with Gasteiger partial charge in [0.1, 0.15) is 6.04 Å². The minimum atomic E-state index is -1.30. The lowest BCUT2D eigenvalue weighted by atomic mass is 9.95. The first-order valence-electron chi connectivity index (χ1n) is 10.1. The summed E-state index contributed by atoms with van der Waals surface area (Å²) >= 11 is 0. The van der Waals surface area contributed by atoms with Crippen LogP contribution in [0.3, 0.4) is 0 Å². The first kappa shape index (κ1) is 21.9. The largest absolute Gasteiger partial charge is 0.504 e. The van der Waals surface area contributed by atoms with Crippen LogP contribution in [0.5, 0.6) is 11.5 Å². The van der Waals surface area contributed by atoms with E-state index in [2.05, 4.69) is 4.90 Å². The Hall–Kier alpha value is -2.77. The molecule has 0 spiro atoms. The molecule has 30 heavy (non-hydrogen) atoms. The van der Waals surface area contributed by atoms with Crippen molar-refractivity contribution in [3.63, 3.8) is 0 Å². The zero-order valence-electron chi connectivity index (χ0n) is 17.8. The Kier molecular flexibility index (Phi) is 6.53. The molecule has 1 aliphatic heterocycles. The standard InChI is InChI=1S/C23H31N3O4/c1-23(2,29)21(24)22(28)26-12-11-25(17-9-10-20(30-3)19(27)14-17)15-18(26)13-16-7-5-4-6-8-16/h4-10,14,18,21,27,29H,11-13,15,24H2,1-3H3/t18-,21+/m0/s1. The second kappa shape index (κ2) is 8.93. The molecule has 4 N–H and O–H groups in total. The van der Waals surface area contributed by atoms with Crippen LogP contribution >= 0.6 is 0 Å². The molecule has 0 aromatic heterocycles. The summed E-state index contributed by atoms with van der Waals surface area (Å²) in [6.07, 6.45) is 0.670. The highest BCUT2D eigenvalue weighted by Gasteiger charge is 2.38. The second-order valence-corrected chi connectivity index (χ2v) is 8.31. The molecule has 162 valence electrons. The monoisotopic (exact) mass is 413 g/mol. The summed E-state index contributed by atoms with van der Waals surface area (Å²) in [6.45, 7) is 4.77. The van der Waals surface area contributed by atoms with Crippen molar-refractivity contribution in [2.75, 3.05) is 31.6 Å². The number of hydrogen-bond donors (Lipinski definition) is 3. The molecule has 7 nitrogen and oxygen atoms in total. The van der Waals surface area contributed by atoms with Crippen LogP contribution in [0.4, 0.5) is 5.69 Å². The maximum atomic E-state index is 13.1. The molecule has 3 rings (SSSR count). The first-order chi connectivity index (χ1) is 14.2. The van der Waals surface area contributed by atoms with Gasteiger partial charge in [0.25, 0.3) is 0 Å². The molecule has 0 unspecified atom stereocenters. The molecular weight excluding hydrogens is 382 g/mol. The van der Waals surface area contributed by atoms with E-state index in [1.54, 1.807) is 30.9 Å². The zero-order chi connectivity index (χ0) is 21.9. The summed E-state index contributed by atoms with van der Waals surface area (Å²) in [7, 11) is 1.51. The van der Waals surface area contributed by atoms with Gasteiger partial charge in [0.2, 0.25) is 5.91 Å². The van der Waals surface area contributed by atoms with Crippen LogP contribution in [0.15, 0.2) is 48.5 Å². The number of carbonyl (C=O) groups is 1. The number of nitrogens with zero attached hydrogens (tertiary/aromatic N) is 2. The van der Waals surface area contributed by atoms with Gasteiger partial charge in [-0.15, -0.1) is 0 Å². The summed E-state index contributed by atoms with van der Waals surface area (Å²) in [5.41, 5.74) is 6.77. The fourth-order valence-corrected chi connectivity index (χ4v) is 3.80. The smallest absolute Gasteiger partial charge is 0.242 e. The van der Waals surface area contributed by atoms with Gasteiger partial charge < -0.3 is 30.5 Å². The number of ether oxygens (including phenoxy) is 1. The fraction of sp³-hybridized carbons (Fsp3) is 0.435. The normalized spacial score (nSPS) is 18.2. The molecule has 1 amide bonds. The minimum absolute atomic E-state index is 0.0807. The summed E-state index contributed by atoms with van der Waals surface area (Å²) in [5, 5.41) is 20.4. The van der Waals surface area contributed by atoms with E-state index in [1.807, 2.05) is 36.4 Å². The third-order valence-corrected chi connectivity index (χ3v) is 5.63. The quantitative estimate of drug-likeness (QED) is 0.667. The van der Waals surface area contributed by atoms with E-state index in [0.717, 1.165) is 11.3 Å². The van der Waals surface area contributed by atoms with Gasteiger partial charge in [-0.05, 0) is 38.0 Å². The highest BCUT2D eigenvalue weighted by atomic mass is 16.5. The van der Waals surface area contributed by atoms with Gasteiger partial charge in [-0.2, -0.15) is 0 Å². The van der Waals surface area contributed by atoms with Gasteiger partial charge in [-0.3, -0.25) is 4.79 Å². The highest BCUT2D eigenvalue weighted by molar-refractivity contribution is 5.83. The van der Waals surface area contributed by atoms with Crippen LogP contribution < -0.4 is 15.4 Å². The van der Waals surface area contributed by atoms with Crippen molar-refractivity contribution in [1.29, 1.82) is 0 Å². The number of benzene rings is 2. The number of hydrogen-bond acceptors (Lipinski definition) is 6. The van der Waals surface area contributed by atoms with Crippen molar-refractivity contribution in [3.8, 4) is 11.5 Å². The van der Waals surface area contributed by atoms with Crippen LogP contribution in [0.2, 0.25) is 0 Å². The van der Waals surface area contributed by atoms with Crippen molar-refractivity contribution >= 4 is 11.6 Å². The molecule has 1 fully saturated rings. The van der Waals surface area contributed by atoms with Gasteiger partial charge in [0.15, 0.2) is 11.5 Å². The number of carbonyl (C=O) groups excluding carboxylic acids is 1. The third kappa shape index (κ3) is 4.86. The Labute approximate surface area is 177 Å². The van der Waals surface area contributed by atoms with Crippen molar-refractivity contribution in [3.05, 3.63) is 54.1 Å². The number of phenolic OH excluding ortho intramolecular Hbond substituents is 1. The van der Waals surface area contributed by atoms with Gasteiger partial charge in [-0.25, -0.2) is 0 Å². The van der Waals surface area contributed by atoms with Crippen LogP contribution in [0, 0.1) is 0 Å². The predicted molar refractivity (Wildman–Crippen MR) is 117 cm³/mol. The lowest BCUT2D eigenvalue weighted by Crippen LogP contribution is -2.62. The van der Waals surface area contributed by atoms with Gasteiger partial charge in [-0.1, -0.05) is 30.3 Å². The third-order valence-electron chi connectivity index (χ3n) is 5.63. The lowest BCUT2D eigenvalue weighted by molar-refractivity contribution is -0.140. The average molecular weight is 414 g/mol. The molecule has 0 saturated carbocycles. The molecule has 0 bridgehead atoms. The molecule has 1 heterocycles. The second-order valence-electron chi connectivity index (χ2n) is 8.31. The molecule has 0 aliphatic carbocycles. The molecule has 7 heteroatoms. The Morgan fingerprint density at radius 2 is 1.93 bits per heavy atom. The molecule has 2 aromatic carbocycles. The average Bonchev–Trinajstić information content (AvgIpc) is 2.72. The van der Waals surface area contributed by atoms with E-state index in [0.29, 0.717) is 31.8 Å². The van der Waals surface area contributed by atoms with E-state index in [4.69, 9.17) is 10.5 Å². The number of aromatic hydroxyl groups is 1. The van der Waals surface area contributed by atoms with Crippen molar-refractivity contribution in [1.82, 2.24) is 4.90 Å². The number of amides is 1. The predicted octanol–water partition coefficient (Wildman–Crippen LogP) is 1.76. The van der Waals surface area contributed by atoms with Crippen molar-refractivity contribution in [2.45, 2.75) is 38.0 Å². The van der Waals surface area contributed by atoms with Crippen LogP contribution in [-0.2, 0) is 11.2 Å². The molecular formula is C23H31N3O4. The van der Waals surface area contributed by atoms with Crippen molar-refractivity contribution in [2.24, 2.45) is 5.73 Å². The van der Waals surface area contributed by atoms with Gasteiger partial charge in [0.05, 0.1) is 18.8 Å². The zero-order valence-corrected chi connectivity index (χ0v) is 17.8. The van der Waals surface area contributed by atoms with Crippen LogP contribution in [-0.4, -0.2) is 65.4 Å². The fourth-order valence-electron chi connectivity index (χ4n) is 3.80. The Morgan fingerprint density at radius 1 is 1.23 bits per heavy atom. The number of anilines is 1. The summed E-state index contributed by atoms with van der Waals surface area (Å²) < 4.78 is 5.14. The Morgan fingerprint density at radius 3 is 2.53 bits per heavy atom.